The van der Waals surface area contributed by atoms with Gasteiger partial charge in [0, 0.05) is 44.2 Å². The van der Waals surface area contributed by atoms with Gasteiger partial charge in [-0.1, -0.05) is 156 Å². The summed E-state index contributed by atoms with van der Waals surface area (Å²) in [6.07, 6.45) is 4.63. The van der Waals surface area contributed by atoms with Gasteiger partial charge in [0.2, 0.25) is 0 Å². The number of fused-ring (bicyclic) bond motifs is 14. The molecule has 4 heteroatoms. The molecule has 9 aromatic rings. The normalized spacial score (nSPS) is 18.7. The summed E-state index contributed by atoms with van der Waals surface area (Å²) in [5.41, 5.74) is 26.2. The average Bonchev–Trinajstić information content (AvgIpc) is 3.92. The van der Waals surface area contributed by atoms with Gasteiger partial charge >= 0.3 is 0 Å². The van der Waals surface area contributed by atoms with E-state index < -0.39 is 0 Å². The molecule has 3 aliphatic carbocycles. The Morgan fingerprint density at radius 2 is 1.16 bits per heavy atom. The predicted octanol–water partition coefficient (Wildman–Crippen LogP) is 16.1. The summed E-state index contributed by atoms with van der Waals surface area (Å²) >= 11 is 0. The lowest BCUT2D eigenvalue weighted by atomic mass is 9.57. The molecular formula is C65H67BN2O. The number of hydrogen-bond donors (Lipinski definition) is 1. The van der Waals surface area contributed by atoms with Crippen LogP contribution in [-0.4, -0.2) is 11.8 Å². The molecule has 346 valence electrons. The lowest BCUT2D eigenvalue weighted by Gasteiger charge is -2.42. The lowest BCUT2D eigenvalue weighted by Crippen LogP contribution is -2.38. The lowest BCUT2D eigenvalue weighted by molar-refractivity contribution is 0.332. The first kappa shape index (κ1) is 43.1. The average molecular weight is 903 g/mol. The van der Waals surface area contributed by atoms with Gasteiger partial charge in [0.05, 0.1) is 16.4 Å². The van der Waals surface area contributed by atoms with E-state index in [9.17, 15) is 0 Å². The summed E-state index contributed by atoms with van der Waals surface area (Å²) in [7, 11) is 0.811. The number of para-hydroxylation sites is 1. The van der Waals surface area contributed by atoms with Crippen LogP contribution in [-0.2, 0) is 32.5 Å². The molecule has 13 rings (SSSR count). The van der Waals surface area contributed by atoms with Gasteiger partial charge in [0.1, 0.15) is 11.2 Å². The van der Waals surface area contributed by atoms with Crippen molar-refractivity contribution in [2.24, 2.45) is 0 Å². The smallest absolute Gasteiger partial charge is 0.198 e. The fourth-order valence-electron chi connectivity index (χ4n) is 13.8. The number of nitrogens with zero attached hydrogens (tertiary/aromatic N) is 1. The van der Waals surface area contributed by atoms with Crippen molar-refractivity contribution in [1.82, 2.24) is 4.57 Å². The van der Waals surface area contributed by atoms with Crippen molar-refractivity contribution >= 4 is 73.3 Å². The quantitative estimate of drug-likeness (QED) is 0.179. The Kier molecular flexibility index (Phi) is 8.52. The Bertz CT molecular complexity index is 3730. The topological polar surface area (TPSA) is 30.1 Å². The Labute approximate surface area is 410 Å². The molecule has 0 saturated carbocycles. The second kappa shape index (κ2) is 13.7. The number of rotatable bonds is 3. The standard InChI is InChI=1S/C65H67BN2O/c1-60(2,3)36-22-24-37(25-23-36)67-50-33-47-45(61(4,5)26-28-63(47,8)9)30-41(50)54-55-39-19-15-17-21-53(39)69-59(55)56-42-31-46-48(64(10,11)29-27-62(46,6)7)35-51(42)68-52-34-44-40(32-49(52)66-57(54)58(56)68)38-18-14-16-20-43(38)65(44,12)13/h14-25,30-35,66-67H,26-29H2,1-13H3. The van der Waals surface area contributed by atoms with Crippen molar-refractivity contribution in [3.63, 3.8) is 0 Å². The molecule has 4 aliphatic rings. The second-order valence-electron chi connectivity index (χ2n) is 25.9. The van der Waals surface area contributed by atoms with Crippen LogP contribution in [0.4, 0.5) is 11.4 Å². The zero-order valence-electron chi connectivity index (χ0n) is 43.3. The van der Waals surface area contributed by atoms with Crippen LogP contribution in [0.1, 0.15) is 155 Å². The minimum Gasteiger partial charge on any atom is -0.455 e. The van der Waals surface area contributed by atoms with Gasteiger partial charge in [0.25, 0.3) is 0 Å². The molecule has 0 radical (unpaired) electrons. The molecule has 69 heavy (non-hydrogen) atoms. The molecule has 0 spiro atoms. The monoisotopic (exact) mass is 903 g/mol. The summed E-state index contributed by atoms with van der Waals surface area (Å²) in [5.74, 6) is 0. The van der Waals surface area contributed by atoms with E-state index in [0.29, 0.717) is 0 Å². The van der Waals surface area contributed by atoms with Gasteiger partial charge < -0.3 is 14.3 Å². The number of aromatic nitrogens is 1. The number of furan rings is 1. The molecule has 0 amide bonds. The maximum Gasteiger partial charge on any atom is 0.198 e. The first-order chi connectivity index (χ1) is 32.5. The molecule has 7 aromatic carbocycles. The van der Waals surface area contributed by atoms with Crippen LogP contribution in [0.25, 0.3) is 71.7 Å². The summed E-state index contributed by atoms with van der Waals surface area (Å²) in [6, 6.07) is 42.7. The zero-order valence-corrected chi connectivity index (χ0v) is 43.3. The van der Waals surface area contributed by atoms with E-state index in [1.165, 1.54) is 117 Å². The molecule has 0 unspecified atom stereocenters. The highest BCUT2D eigenvalue weighted by molar-refractivity contribution is 6.74. The van der Waals surface area contributed by atoms with Crippen LogP contribution in [0.5, 0.6) is 0 Å². The number of benzene rings is 7. The van der Waals surface area contributed by atoms with Gasteiger partial charge in [-0.2, -0.15) is 0 Å². The van der Waals surface area contributed by atoms with Crippen molar-refractivity contribution in [3.8, 4) is 27.9 Å². The third-order valence-electron chi connectivity index (χ3n) is 18.3. The van der Waals surface area contributed by atoms with E-state index in [1.807, 2.05) is 0 Å². The van der Waals surface area contributed by atoms with Gasteiger partial charge in [-0.3, -0.25) is 0 Å². The number of hydrogen-bond acceptors (Lipinski definition) is 2. The first-order valence-corrected chi connectivity index (χ1v) is 25.9. The Balaban J connectivity index is 1.21. The summed E-state index contributed by atoms with van der Waals surface area (Å²) in [4.78, 5) is 0. The highest BCUT2D eigenvalue weighted by Crippen LogP contribution is 2.55. The minimum absolute atomic E-state index is 0.00628. The van der Waals surface area contributed by atoms with Crippen molar-refractivity contribution in [1.29, 1.82) is 0 Å². The van der Waals surface area contributed by atoms with Crippen LogP contribution in [0, 0.1) is 0 Å². The minimum atomic E-state index is -0.127. The highest BCUT2D eigenvalue weighted by Gasteiger charge is 2.43. The van der Waals surface area contributed by atoms with Crippen LogP contribution in [0.2, 0.25) is 0 Å². The fourth-order valence-corrected chi connectivity index (χ4v) is 13.8. The number of anilines is 2. The maximum atomic E-state index is 7.40. The third kappa shape index (κ3) is 5.93. The summed E-state index contributed by atoms with van der Waals surface area (Å²) in [5, 5.41) is 9.06. The maximum absolute atomic E-state index is 7.40. The third-order valence-corrected chi connectivity index (χ3v) is 18.3. The molecule has 1 aliphatic heterocycles. The Morgan fingerprint density at radius 3 is 1.84 bits per heavy atom. The SMILES string of the molecule is CC(C)(C)c1ccc(Nc2cc3c(cc2-c2c4c5c(c6cc7c(cc6n5-c5cc6c(cc5B4)-c4ccccc4C6(C)C)C(C)(C)CCC7(C)C)c4oc5ccccc5c24)C(C)(C)CCC3(C)C)cc1. The van der Waals surface area contributed by atoms with Gasteiger partial charge in [-0.15, -0.1) is 0 Å². The molecule has 3 nitrogen and oxygen atoms in total. The van der Waals surface area contributed by atoms with Crippen LogP contribution < -0.4 is 16.2 Å². The molecular weight excluding hydrogens is 836 g/mol. The molecule has 2 aromatic heterocycles. The Morgan fingerprint density at radius 1 is 0.551 bits per heavy atom. The molecule has 3 heterocycles. The van der Waals surface area contributed by atoms with E-state index in [0.717, 1.165) is 49.1 Å². The van der Waals surface area contributed by atoms with Crippen LogP contribution in [0.15, 0.2) is 114 Å². The van der Waals surface area contributed by atoms with E-state index in [2.05, 4.69) is 209 Å². The van der Waals surface area contributed by atoms with Gasteiger partial charge in [0.15, 0.2) is 7.28 Å². The fraction of sp³-hybridized carbons (Fsp3) is 0.354. The van der Waals surface area contributed by atoms with E-state index in [-0.39, 0.29) is 32.5 Å². The highest BCUT2D eigenvalue weighted by atomic mass is 16.3. The van der Waals surface area contributed by atoms with E-state index in [1.54, 1.807) is 0 Å². The van der Waals surface area contributed by atoms with Crippen molar-refractivity contribution in [2.75, 3.05) is 5.32 Å². The van der Waals surface area contributed by atoms with E-state index in [4.69, 9.17) is 4.42 Å². The van der Waals surface area contributed by atoms with Crippen molar-refractivity contribution in [2.45, 2.75) is 148 Å². The molecule has 0 atom stereocenters. The largest absolute Gasteiger partial charge is 0.455 e. The van der Waals surface area contributed by atoms with Crippen LogP contribution in [0.3, 0.4) is 0 Å². The van der Waals surface area contributed by atoms with Crippen LogP contribution >= 0.6 is 0 Å². The van der Waals surface area contributed by atoms with E-state index >= 15 is 0 Å². The zero-order chi connectivity index (χ0) is 48.1. The predicted molar refractivity (Wildman–Crippen MR) is 296 cm³/mol. The summed E-state index contributed by atoms with van der Waals surface area (Å²) < 4.78 is 10.1. The van der Waals surface area contributed by atoms with Gasteiger partial charge in [-0.25, -0.2) is 0 Å². The van der Waals surface area contributed by atoms with Gasteiger partial charge in [-0.05, 0) is 162 Å². The second-order valence-corrected chi connectivity index (χ2v) is 25.9. The first-order valence-electron chi connectivity index (χ1n) is 25.9. The Hall–Kier alpha value is -6.00. The number of nitrogens with one attached hydrogen (secondary N) is 1. The molecule has 0 bridgehead atoms. The summed E-state index contributed by atoms with van der Waals surface area (Å²) in [6.45, 7) is 31.5. The molecule has 1 N–H and O–H groups in total. The van der Waals surface area contributed by atoms with Crippen molar-refractivity contribution in [3.05, 3.63) is 148 Å². The molecule has 0 saturated heterocycles. The molecule has 0 fully saturated rings. The van der Waals surface area contributed by atoms with Crippen molar-refractivity contribution < 1.29 is 4.42 Å².